The molecule has 0 aliphatic carbocycles. The smallest absolute Gasteiger partial charge is 0.170 e. The third-order valence-corrected chi connectivity index (χ3v) is 3.15. The summed E-state index contributed by atoms with van der Waals surface area (Å²) in [5, 5.41) is 9.34. The van der Waals surface area contributed by atoms with E-state index >= 15 is 0 Å². The van der Waals surface area contributed by atoms with Gasteiger partial charge < -0.3 is 9.47 Å². The minimum atomic E-state index is -0.674. The Hall–Kier alpha value is -1.08. The number of ether oxygens (including phenoxy) is 2. The highest BCUT2D eigenvalue weighted by Crippen LogP contribution is 2.30. The molecule has 0 radical (unpaired) electrons. The third kappa shape index (κ3) is 2.98. The Morgan fingerprint density at radius 1 is 1.53 bits per heavy atom. The average Bonchev–Trinajstić information content (AvgIpc) is 2.64. The van der Waals surface area contributed by atoms with Crippen LogP contribution >= 0.6 is 11.6 Å². The molecule has 1 fully saturated rings. The fourth-order valence-electron chi connectivity index (χ4n) is 1.97. The Labute approximate surface area is 106 Å². The molecule has 1 aromatic rings. The van der Waals surface area contributed by atoms with Crippen LogP contribution in [-0.4, -0.2) is 18.5 Å². The molecule has 4 heteroatoms. The van der Waals surface area contributed by atoms with Crippen molar-refractivity contribution in [2.75, 3.05) is 6.61 Å². The molecule has 1 aromatic carbocycles. The Morgan fingerprint density at radius 3 is 3.00 bits per heavy atom. The van der Waals surface area contributed by atoms with Crippen molar-refractivity contribution in [1.29, 1.82) is 5.26 Å². The highest BCUT2D eigenvalue weighted by atomic mass is 35.5. The van der Waals surface area contributed by atoms with Crippen molar-refractivity contribution in [3.63, 3.8) is 0 Å². The molecule has 1 saturated heterocycles. The van der Waals surface area contributed by atoms with E-state index in [1.807, 2.05) is 31.2 Å². The first kappa shape index (κ1) is 12.4. The lowest BCUT2D eigenvalue weighted by Gasteiger charge is -2.23. The zero-order valence-corrected chi connectivity index (χ0v) is 10.4. The maximum absolute atomic E-state index is 8.62. The summed E-state index contributed by atoms with van der Waals surface area (Å²) < 4.78 is 11.4. The van der Waals surface area contributed by atoms with Crippen molar-refractivity contribution in [3.05, 3.63) is 34.9 Å². The van der Waals surface area contributed by atoms with Gasteiger partial charge in [0.2, 0.25) is 0 Å². The summed E-state index contributed by atoms with van der Waals surface area (Å²) in [6.45, 7) is 2.35. The van der Waals surface area contributed by atoms with Crippen molar-refractivity contribution in [3.8, 4) is 6.07 Å². The largest absolute Gasteiger partial charge is 0.347 e. The van der Waals surface area contributed by atoms with Crippen LogP contribution in [0.15, 0.2) is 24.3 Å². The topological polar surface area (TPSA) is 42.2 Å². The molecule has 2 unspecified atom stereocenters. The number of nitriles is 1. The van der Waals surface area contributed by atoms with Gasteiger partial charge in [-0.3, -0.25) is 0 Å². The van der Waals surface area contributed by atoms with Gasteiger partial charge in [-0.15, -0.1) is 0 Å². The van der Waals surface area contributed by atoms with Crippen LogP contribution in [0.4, 0.5) is 0 Å². The van der Waals surface area contributed by atoms with Gasteiger partial charge in [0.15, 0.2) is 5.79 Å². The molecule has 0 spiro atoms. The van der Waals surface area contributed by atoms with Crippen molar-refractivity contribution in [2.45, 2.75) is 31.7 Å². The number of hydrogen-bond acceptors (Lipinski definition) is 3. The molecule has 3 nitrogen and oxygen atoms in total. The molecule has 1 heterocycles. The standard InChI is InChI=1S/C13H14ClNO2/c1-13(16-9-11(17-13)6-7-15)8-10-4-2-3-5-12(10)14/h2-5,11H,6,8-9H2,1H3. The maximum Gasteiger partial charge on any atom is 0.170 e. The first-order chi connectivity index (χ1) is 8.13. The van der Waals surface area contributed by atoms with Crippen molar-refractivity contribution >= 4 is 11.6 Å². The van der Waals surface area contributed by atoms with Crippen molar-refractivity contribution in [1.82, 2.24) is 0 Å². The van der Waals surface area contributed by atoms with Gasteiger partial charge in [-0.05, 0) is 18.6 Å². The van der Waals surface area contributed by atoms with E-state index in [-0.39, 0.29) is 6.10 Å². The predicted molar refractivity (Wildman–Crippen MR) is 64.6 cm³/mol. The molecule has 1 aliphatic heterocycles. The number of benzene rings is 1. The third-order valence-electron chi connectivity index (χ3n) is 2.78. The summed E-state index contributed by atoms with van der Waals surface area (Å²) in [5.74, 6) is -0.674. The second-order valence-corrected chi connectivity index (χ2v) is 4.72. The predicted octanol–water partition coefficient (Wildman–Crippen LogP) is 2.93. The molecule has 2 atom stereocenters. The SMILES string of the molecule is CC1(Cc2ccccc2Cl)OCC(CC#N)O1. The van der Waals surface area contributed by atoms with E-state index in [9.17, 15) is 0 Å². The molecule has 1 aliphatic rings. The minimum Gasteiger partial charge on any atom is -0.347 e. The average molecular weight is 252 g/mol. The zero-order chi connectivity index (χ0) is 12.3. The van der Waals surface area contributed by atoms with Crippen LogP contribution in [0.2, 0.25) is 5.02 Å². The van der Waals surface area contributed by atoms with E-state index in [1.54, 1.807) is 0 Å². The van der Waals surface area contributed by atoms with Gasteiger partial charge in [0, 0.05) is 11.4 Å². The number of hydrogen-bond donors (Lipinski definition) is 0. The molecule has 0 amide bonds. The highest BCUT2D eigenvalue weighted by molar-refractivity contribution is 6.31. The van der Waals surface area contributed by atoms with Gasteiger partial charge in [-0.1, -0.05) is 29.8 Å². The normalized spacial score (nSPS) is 27.9. The van der Waals surface area contributed by atoms with Gasteiger partial charge in [0.05, 0.1) is 25.2 Å². The van der Waals surface area contributed by atoms with E-state index in [2.05, 4.69) is 6.07 Å². The summed E-state index contributed by atoms with van der Waals surface area (Å²) in [4.78, 5) is 0. The lowest BCUT2D eigenvalue weighted by Crippen LogP contribution is -2.29. The van der Waals surface area contributed by atoms with E-state index < -0.39 is 5.79 Å². The summed E-state index contributed by atoms with van der Waals surface area (Å²) in [7, 11) is 0. The molecule has 0 bridgehead atoms. The van der Waals surface area contributed by atoms with Crippen LogP contribution < -0.4 is 0 Å². The van der Waals surface area contributed by atoms with E-state index in [0.717, 1.165) is 5.56 Å². The van der Waals surface area contributed by atoms with Crippen LogP contribution in [0.5, 0.6) is 0 Å². The lowest BCUT2D eigenvalue weighted by molar-refractivity contribution is -0.151. The molecular weight excluding hydrogens is 238 g/mol. The van der Waals surface area contributed by atoms with Crippen LogP contribution in [0.1, 0.15) is 18.9 Å². The van der Waals surface area contributed by atoms with Gasteiger partial charge in [-0.2, -0.15) is 5.26 Å². The number of rotatable bonds is 3. The number of halogens is 1. The first-order valence-electron chi connectivity index (χ1n) is 5.55. The molecular formula is C13H14ClNO2. The van der Waals surface area contributed by atoms with Gasteiger partial charge in [0.25, 0.3) is 0 Å². The molecule has 0 N–H and O–H groups in total. The summed E-state index contributed by atoms with van der Waals surface area (Å²) in [6, 6.07) is 9.73. The van der Waals surface area contributed by atoms with Crippen LogP contribution in [0.3, 0.4) is 0 Å². The Bertz CT molecular complexity index is 443. The fourth-order valence-corrected chi connectivity index (χ4v) is 2.18. The van der Waals surface area contributed by atoms with E-state index in [0.29, 0.717) is 24.5 Å². The Kier molecular flexibility index (Phi) is 3.68. The molecule has 0 saturated carbocycles. The van der Waals surface area contributed by atoms with Crippen molar-refractivity contribution < 1.29 is 9.47 Å². The van der Waals surface area contributed by atoms with Crippen LogP contribution in [0, 0.1) is 11.3 Å². The number of nitrogens with zero attached hydrogens (tertiary/aromatic N) is 1. The van der Waals surface area contributed by atoms with Gasteiger partial charge in [0.1, 0.15) is 0 Å². The van der Waals surface area contributed by atoms with E-state index in [1.165, 1.54) is 0 Å². The highest BCUT2D eigenvalue weighted by Gasteiger charge is 2.37. The minimum absolute atomic E-state index is 0.132. The summed E-state index contributed by atoms with van der Waals surface area (Å²) in [5.41, 5.74) is 0.995. The quantitative estimate of drug-likeness (QED) is 0.830. The van der Waals surface area contributed by atoms with Crippen LogP contribution in [0.25, 0.3) is 0 Å². The maximum atomic E-state index is 8.62. The molecule has 2 rings (SSSR count). The van der Waals surface area contributed by atoms with Gasteiger partial charge >= 0.3 is 0 Å². The lowest BCUT2D eigenvalue weighted by atomic mass is 10.1. The monoisotopic (exact) mass is 251 g/mol. The second-order valence-electron chi connectivity index (χ2n) is 4.32. The summed E-state index contributed by atoms with van der Waals surface area (Å²) >= 11 is 6.10. The van der Waals surface area contributed by atoms with Crippen LogP contribution in [-0.2, 0) is 15.9 Å². The zero-order valence-electron chi connectivity index (χ0n) is 9.65. The second kappa shape index (κ2) is 5.05. The van der Waals surface area contributed by atoms with E-state index in [4.69, 9.17) is 26.3 Å². The Balaban J connectivity index is 2.05. The first-order valence-corrected chi connectivity index (χ1v) is 5.93. The summed E-state index contributed by atoms with van der Waals surface area (Å²) in [6.07, 6.45) is 0.819. The van der Waals surface area contributed by atoms with Crippen molar-refractivity contribution in [2.24, 2.45) is 0 Å². The van der Waals surface area contributed by atoms with Gasteiger partial charge in [-0.25, -0.2) is 0 Å². The molecule has 0 aromatic heterocycles. The fraction of sp³-hybridized carbons (Fsp3) is 0.462. The Morgan fingerprint density at radius 2 is 2.29 bits per heavy atom. The molecule has 17 heavy (non-hydrogen) atoms. The molecule has 90 valence electrons.